The Hall–Kier alpha value is -1.91. The predicted octanol–water partition coefficient (Wildman–Crippen LogP) is 0.822. The molecule has 1 aromatic rings. The number of ether oxygens (including phenoxy) is 1. The van der Waals surface area contributed by atoms with Gasteiger partial charge < -0.3 is 10.1 Å². The van der Waals surface area contributed by atoms with Crippen LogP contribution in [0.3, 0.4) is 0 Å². The highest BCUT2D eigenvalue weighted by atomic mass is 16.5. The fourth-order valence-electron chi connectivity index (χ4n) is 1.19. The van der Waals surface area contributed by atoms with E-state index in [-0.39, 0.29) is 12.6 Å². The van der Waals surface area contributed by atoms with Crippen molar-refractivity contribution >= 4 is 11.9 Å². The van der Waals surface area contributed by atoms with Crippen LogP contribution in [0.2, 0.25) is 0 Å². The van der Waals surface area contributed by atoms with Crippen molar-refractivity contribution in [3.05, 3.63) is 30.1 Å². The van der Waals surface area contributed by atoms with Crippen LogP contribution in [0.4, 0.5) is 0 Å². The number of esters is 1. The number of carbonyl (C=O) groups excluding carboxylic acids is 2. The lowest BCUT2D eigenvalue weighted by Gasteiger charge is -2.12. The summed E-state index contributed by atoms with van der Waals surface area (Å²) in [6.45, 7) is 3.62. The number of aromatic nitrogens is 1. The molecule has 1 N–H and O–H groups in total. The first-order chi connectivity index (χ1) is 7.65. The molecule has 1 unspecified atom stereocenters. The second kappa shape index (κ2) is 5.85. The van der Waals surface area contributed by atoms with E-state index in [4.69, 9.17) is 0 Å². The minimum Gasteiger partial charge on any atom is -0.459 e. The van der Waals surface area contributed by atoms with Gasteiger partial charge in [-0.1, -0.05) is 0 Å². The minimum atomic E-state index is -0.858. The van der Waals surface area contributed by atoms with Crippen molar-refractivity contribution in [2.75, 3.05) is 6.61 Å². The average Bonchev–Trinajstić information content (AvgIpc) is 2.30. The largest absolute Gasteiger partial charge is 0.459 e. The molecule has 86 valence electrons. The molecule has 1 rings (SSSR count). The number of carbonyl (C=O) groups is 2. The molecule has 16 heavy (non-hydrogen) atoms. The van der Waals surface area contributed by atoms with E-state index in [1.807, 2.05) is 0 Å². The third-order valence-corrected chi connectivity index (χ3v) is 2.01. The minimum absolute atomic E-state index is 0.190. The first-order valence-corrected chi connectivity index (χ1v) is 5.02. The summed E-state index contributed by atoms with van der Waals surface area (Å²) in [5.41, 5.74) is 0.882. The number of amides is 1. The first kappa shape index (κ1) is 12.2. The van der Waals surface area contributed by atoms with Crippen LogP contribution in [0.1, 0.15) is 25.5 Å². The average molecular weight is 222 g/mol. The monoisotopic (exact) mass is 222 g/mol. The summed E-state index contributed by atoms with van der Waals surface area (Å²) in [5, 5.41) is 2.54. The number of rotatable bonds is 3. The number of hydrogen-bond donors (Lipinski definition) is 1. The van der Waals surface area contributed by atoms with Gasteiger partial charge in [0.25, 0.3) is 0 Å². The van der Waals surface area contributed by atoms with E-state index in [2.05, 4.69) is 15.0 Å². The van der Waals surface area contributed by atoms with Gasteiger partial charge >= 0.3 is 11.9 Å². The smallest absolute Gasteiger partial charge is 0.396 e. The molecule has 0 aliphatic rings. The maximum atomic E-state index is 11.3. The maximum absolute atomic E-state index is 11.3. The Morgan fingerprint density at radius 1 is 1.44 bits per heavy atom. The van der Waals surface area contributed by atoms with Gasteiger partial charge in [-0.05, 0) is 31.5 Å². The van der Waals surface area contributed by atoms with Gasteiger partial charge in [0.1, 0.15) is 0 Å². The van der Waals surface area contributed by atoms with Crippen molar-refractivity contribution in [3.63, 3.8) is 0 Å². The molecule has 0 aliphatic heterocycles. The van der Waals surface area contributed by atoms with Gasteiger partial charge in [0.05, 0.1) is 12.6 Å². The Kier molecular flexibility index (Phi) is 4.44. The van der Waals surface area contributed by atoms with Gasteiger partial charge in [0, 0.05) is 12.4 Å². The lowest BCUT2D eigenvalue weighted by molar-refractivity contribution is -0.154. The van der Waals surface area contributed by atoms with Crippen LogP contribution < -0.4 is 5.32 Å². The Morgan fingerprint density at radius 3 is 2.62 bits per heavy atom. The molecule has 0 radical (unpaired) electrons. The molecule has 5 heteroatoms. The summed E-state index contributed by atoms with van der Waals surface area (Å²) >= 11 is 0. The van der Waals surface area contributed by atoms with Crippen molar-refractivity contribution in [2.45, 2.75) is 19.9 Å². The first-order valence-electron chi connectivity index (χ1n) is 5.02. The van der Waals surface area contributed by atoms with Gasteiger partial charge in [0.2, 0.25) is 0 Å². The molecule has 0 aromatic carbocycles. The van der Waals surface area contributed by atoms with Crippen LogP contribution in [-0.2, 0) is 14.3 Å². The molecular weight excluding hydrogens is 208 g/mol. The van der Waals surface area contributed by atoms with Gasteiger partial charge in [-0.25, -0.2) is 4.79 Å². The van der Waals surface area contributed by atoms with Crippen molar-refractivity contribution in [3.8, 4) is 0 Å². The van der Waals surface area contributed by atoms with Crippen LogP contribution in [0.15, 0.2) is 24.5 Å². The van der Waals surface area contributed by atoms with Crippen molar-refractivity contribution < 1.29 is 14.3 Å². The number of hydrogen-bond acceptors (Lipinski definition) is 4. The molecule has 0 bridgehead atoms. The van der Waals surface area contributed by atoms with Crippen LogP contribution in [0.5, 0.6) is 0 Å². The van der Waals surface area contributed by atoms with Gasteiger partial charge in [-0.2, -0.15) is 0 Å². The molecule has 0 aliphatic carbocycles. The van der Waals surface area contributed by atoms with Crippen LogP contribution in [0.25, 0.3) is 0 Å². The quantitative estimate of drug-likeness (QED) is 0.607. The third-order valence-electron chi connectivity index (χ3n) is 2.01. The van der Waals surface area contributed by atoms with Gasteiger partial charge in [-0.3, -0.25) is 9.78 Å². The van der Waals surface area contributed by atoms with Gasteiger partial charge in [-0.15, -0.1) is 0 Å². The fourth-order valence-corrected chi connectivity index (χ4v) is 1.19. The van der Waals surface area contributed by atoms with Crippen molar-refractivity contribution in [1.29, 1.82) is 0 Å². The topological polar surface area (TPSA) is 68.3 Å². The van der Waals surface area contributed by atoms with Crippen molar-refractivity contribution in [2.24, 2.45) is 0 Å². The molecule has 0 saturated carbocycles. The van der Waals surface area contributed by atoms with E-state index in [0.29, 0.717) is 0 Å². The lowest BCUT2D eigenvalue weighted by atomic mass is 10.1. The van der Waals surface area contributed by atoms with E-state index in [1.54, 1.807) is 38.4 Å². The summed E-state index contributed by atoms with van der Waals surface area (Å²) in [5.74, 6) is -1.59. The summed E-state index contributed by atoms with van der Waals surface area (Å²) in [4.78, 5) is 26.2. The highest BCUT2D eigenvalue weighted by molar-refractivity contribution is 6.32. The number of nitrogens with zero attached hydrogens (tertiary/aromatic N) is 1. The van der Waals surface area contributed by atoms with Crippen LogP contribution in [-0.4, -0.2) is 23.5 Å². The molecular formula is C11H14N2O3. The second-order valence-electron chi connectivity index (χ2n) is 3.20. The predicted molar refractivity (Wildman–Crippen MR) is 57.4 cm³/mol. The Balaban J connectivity index is 2.55. The molecule has 1 amide bonds. The van der Waals surface area contributed by atoms with Crippen LogP contribution >= 0.6 is 0 Å². The van der Waals surface area contributed by atoms with Crippen molar-refractivity contribution in [1.82, 2.24) is 10.3 Å². The second-order valence-corrected chi connectivity index (χ2v) is 3.20. The summed E-state index contributed by atoms with van der Waals surface area (Å²) < 4.78 is 4.58. The molecule has 0 fully saturated rings. The van der Waals surface area contributed by atoms with Gasteiger partial charge in [0.15, 0.2) is 0 Å². The molecule has 1 heterocycles. The Labute approximate surface area is 93.8 Å². The molecule has 0 saturated heterocycles. The lowest BCUT2D eigenvalue weighted by Crippen LogP contribution is -2.34. The summed E-state index contributed by atoms with van der Waals surface area (Å²) in [6.07, 6.45) is 3.25. The standard InChI is InChI=1S/C11H14N2O3/c1-3-16-11(15)10(14)13-8(2)9-4-6-12-7-5-9/h4-8H,3H2,1-2H3,(H,13,14). The van der Waals surface area contributed by atoms with E-state index in [9.17, 15) is 9.59 Å². The molecule has 1 atom stereocenters. The SMILES string of the molecule is CCOC(=O)C(=O)NC(C)c1ccncc1. The summed E-state index contributed by atoms with van der Waals surface area (Å²) in [6, 6.07) is 3.30. The van der Waals surface area contributed by atoms with E-state index < -0.39 is 11.9 Å². The fraction of sp³-hybridized carbons (Fsp3) is 0.364. The van der Waals surface area contributed by atoms with E-state index >= 15 is 0 Å². The number of pyridine rings is 1. The third kappa shape index (κ3) is 3.34. The van der Waals surface area contributed by atoms with E-state index in [1.165, 1.54) is 0 Å². The summed E-state index contributed by atoms with van der Waals surface area (Å²) in [7, 11) is 0. The highest BCUT2D eigenvalue weighted by Crippen LogP contribution is 2.09. The van der Waals surface area contributed by atoms with E-state index in [0.717, 1.165) is 5.56 Å². The molecule has 0 spiro atoms. The molecule has 1 aromatic heterocycles. The Morgan fingerprint density at radius 2 is 2.06 bits per heavy atom. The normalized spacial score (nSPS) is 11.6. The maximum Gasteiger partial charge on any atom is 0.396 e. The zero-order valence-corrected chi connectivity index (χ0v) is 9.27. The molecule has 5 nitrogen and oxygen atoms in total. The zero-order chi connectivity index (χ0) is 12.0. The highest BCUT2D eigenvalue weighted by Gasteiger charge is 2.17. The number of nitrogens with one attached hydrogen (secondary N) is 1. The van der Waals surface area contributed by atoms with Crippen LogP contribution in [0, 0.1) is 0 Å². The zero-order valence-electron chi connectivity index (χ0n) is 9.27. The Bertz CT molecular complexity index is 365.